The largest absolute Gasteiger partial charge is 0.465 e. The number of hydrogen-bond acceptors (Lipinski definition) is 4. The Morgan fingerprint density at radius 3 is 2.43 bits per heavy atom. The molecule has 1 unspecified atom stereocenters. The van der Waals surface area contributed by atoms with Gasteiger partial charge in [0.25, 0.3) is 0 Å². The Balaban J connectivity index is 2.32. The Bertz CT molecular complexity index is 458. The van der Waals surface area contributed by atoms with Crippen LogP contribution in [0.3, 0.4) is 0 Å². The highest BCUT2D eigenvalue weighted by Crippen LogP contribution is 2.13. The zero-order valence-corrected chi connectivity index (χ0v) is 14.1. The Labute approximate surface area is 137 Å². The molecule has 0 heterocycles. The molecule has 0 aliphatic rings. The maximum Gasteiger partial charge on any atom is 0.407 e. The van der Waals surface area contributed by atoms with E-state index in [1.54, 1.807) is 0 Å². The predicted molar refractivity (Wildman–Crippen MR) is 87.4 cm³/mol. The summed E-state index contributed by atoms with van der Waals surface area (Å²) in [7, 11) is 0. The van der Waals surface area contributed by atoms with Crippen LogP contribution in [-0.4, -0.2) is 59.2 Å². The second kappa shape index (κ2) is 9.50. The van der Waals surface area contributed by atoms with E-state index in [4.69, 9.17) is 9.47 Å². The van der Waals surface area contributed by atoms with Crippen LogP contribution in [0.25, 0.3) is 0 Å². The lowest BCUT2D eigenvalue weighted by Crippen LogP contribution is -2.47. The highest BCUT2D eigenvalue weighted by atomic mass is 16.5. The topological polar surface area (TPSA) is 79.2 Å². The summed E-state index contributed by atoms with van der Waals surface area (Å²) in [5.74, 6) is 0. The molecule has 0 saturated carbocycles. The molecule has 0 aromatic heterocycles. The number of carboxylic acid groups (broad SMARTS) is 1. The second-order valence-corrected chi connectivity index (χ2v) is 6.28. The standard InChI is InChI=1S/C17H27NO5/c1-17(2,3)18(16(20)21)9-10-23-15(11-19)13-22-12-14-7-5-4-6-8-14/h4-8,15,19H,9-13H2,1-3H3,(H,20,21). The van der Waals surface area contributed by atoms with Crippen LogP contribution in [-0.2, 0) is 16.1 Å². The van der Waals surface area contributed by atoms with E-state index in [2.05, 4.69) is 0 Å². The Morgan fingerprint density at radius 2 is 1.91 bits per heavy atom. The molecule has 2 N–H and O–H groups in total. The number of carbonyl (C=O) groups is 1. The third kappa shape index (κ3) is 7.45. The van der Waals surface area contributed by atoms with Crippen molar-refractivity contribution in [2.45, 2.75) is 39.0 Å². The number of ether oxygens (including phenoxy) is 2. The molecular formula is C17H27NO5. The smallest absolute Gasteiger partial charge is 0.407 e. The molecule has 0 saturated heterocycles. The number of aliphatic hydroxyl groups is 1. The quantitative estimate of drug-likeness (QED) is 0.728. The lowest BCUT2D eigenvalue weighted by Gasteiger charge is -2.33. The predicted octanol–water partition coefficient (Wildman–Crippen LogP) is 2.36. The van der Waals surface area contributed by atoms with Gasteiger partial charge in [0.05, 0.1) is 26.4 Å². The van der Waals surface area contributed by atoms with E-state index in [1.165, 1.54) is 4.90 Å². The van der Waals surface area contributed by atoms with Gasteiger partial charge in [-0.2, -0.15) is 0 Å². The van der Waals surface area contributed by atoms with Gasteiger partial charge in [-0.05, 0) is 26.3 Å². The van der Waals surface area contributed by atoms with Crippen molar-refractivity contribution in [3.63, 3.8) is 0 Å². The number of benzene rings is 1. The van der Waals surface area contributed by atoms with Gasteiger partial charge in [0.2, 0.25) is 0 Å². The Morgan fingerprint density at radius 1 is 1.26 bits per heavy atom. The Kier molecular flexibility index (Phi) is 8.02. The second-order valence-electron chi connectivity index (χ2n) is 6.28. The van der Waals surface area contributed by atoms with Gasteiger partial charge >= 0.3 is 6.09 Å². The summed E-state index contributed by atoms with van der Waals surface area (Å²) in [6.45, 7) is 6.47. The molecular weight excluding hydrogens is 298 g/mol. The molecule has 0 aliphatic carbocycles. The lowest BCUT2D eigenvalue weighted by molar-refractivity contribution is -0.0535. The molecule has 0 fully saturated rings. The molecule has 130 valence electrons. The fraction of sp³-hybridized carbons (Fsp3) is 0.588. The fourth-order valence-corrected chi connectivity index (χ4v) is 2.06. The van der Waals surface area contributed by atoms with E-state index in [0.29, 0.717) is 6.61 Å². The minimum atomic E-state index is -0.984. The molecule has 1 rings (SSSR count). The van der Waals surface area contributed by atoms with E-state index in [-0.39, 0.29) is 26.4 Å². The van der Waals surface area contributed by atoms with E-state index in [9.17, 15) is 15.0 Å². The van der Waals surface area contributed by atoms with Crippen molar-refractivity contribution in [3.05, 3.63) is 35.9 Å². The van der Waals surface area contributed by atoms with Crippen molar-refractivity contribution in [3.8, 4) is 0 Å². The van der Waals surface area contributed by atoms with E-state index in [1.807, 2.05) is 51.1 Å². The van der Waals surface area contributed by atoms with Crippen LogP contribution in [0.5, 0.6) is 0 Å². The summed E-state index contributed by atoms with van der Waals surface area (Å²) in [6, 6.07) is 9.73. The lowest BCUT2D eigenvalue weighted by atomic mass is 10.1. The van der Waals surface area contributed by atoms with Gasteiger partial charge in [-0.3, -0.25) is 0 Å². The van der Waals surface area contributed by atoms with E-state index in [0.717, 1.165) is 5.56 Å². The van der Waals surface area contributed by atoms with Crippen molar-refractivity contribution < 1.29 is 24.5 Å². The van der Waals surface area contributed by atoms with Gasteiger partial charge in [0.1, 0.15) is 6.10 Å². The zero-order chi connectivity index (χ0) is 17.3. The average Bonchev–Trinajstić information content (AvgIpc) is 2.49. The monoisotopic (exact) mass is 325 g/mol. The first-order valence-electron chi connectivity index (χ1n) is 7.69. The van der Waals surface area contributed by atoms with Gasteiger partial charge in [-0.15, -0.1) is 0 Å². The number of rotatable bonds is 9. The third-order valence-corrected chi connectivity index (χ3v) is 3.33. The molecule has 0 bridgehead atoms. The van der Waals surface area contributed by atoms with Crippen LogP contribution in [0.2, 0.25) is 0 Å². The maximum absolute atomic E-state index is 11.2. The molecule has 1 aromatic rings. The molecule has 6 nitrogen and oxygen atoms in total. The third-order valence-electron chi connectivity index (χ3n) is 3.33. The van der Waals surface area contributed by atoms with Crippen LogP contribution in [0.15, 0.2) is 30.3 Å². The van der Waals surface area contributed by atoms with Gasteiger partial charge in [-0.25, -0.2) is 4.79 Å². The van der Waals surface area contributed by atoms with Crippen molar-refractivity contribution in [2.24, 2.45) is 0 Å². The molecule has 1 aromatic carbocycles. The molecule has 6 heteroatoms. The maximum atomic E-state index is 11.2. The first kappa shape index (κ1) is 19.4. The van der Waals surface area contributed by atoms with Crippen LogP contribution < -0.4 is 0 Å². The molecule has 0 spiro atoms. The first-order chi connectivity index (χ1) is 10.8. The minimum Gasteiger partial charge on any atom is -0.465 e. The molecule has 1 amide bonds. The van der Waals surface area contributed by atoms with Gasteiger partial charge < -0.3 is 24.6 Å². The van der Waals surface area contributed by atoms with Crippen molar-refractivity contribution >= 4 is 6.09 Å². The highest BCUT2D eigenvalue weighted by Gasteiger charge is 2.25. The van der Waals surface area contributed by atoms with E-state index < -0.39 is 17.7 Å². The summed E-state index contributed by atoms with van der Waals surface area (Å²) in [5, 5.41) is 18.5. The number of amides is 1. The average molecular weight is 325 g/mol. The first-order valence-corrected chi connectivity index (χ1v) is 7.69. The molecule has 0 radical (unpaired) electrons. The summed E-state index contributed by atoms with van der Waals surface area (Å²) >= 11 is 0. The van der Waals surface area contributed by atoms with Crippen molar-refractivity contribution in [2.75, 3.05) is 26.4 Å². The summed E-state index contributed by atoms with van der Waals surface area (Å²) < 4.78 is 11.1. The van der Waals surface area contributed by atoms with Gasteiger partial charge in [0, 0.05) is 12.1 Å². The minimum absolute atomic E-state index is 0.169. The van der Waals surface area contributed by atoms with E-state index >= 15 is 0 Å². The van der Waals surface area contributed by atoms with Crippen molar-refractivity contribution in [1.82, 2.24) is 4.90 Å². The Hall–Kier alpha value is -1.63. The number of nitrogens with zero attached hydrogens (tertiary/aromatic N) is 1. The number of aliphatic hydroxyl groups excluding tert-OH is 1. The van der Waals surface area contributed by atoms with Gasteiger partial charge in [-0.1, -0.05) is 30.3 Å². The molecule has 23 heavy (non-hydrogen) atoms. The summed E-state index contributed by atoms with van der Waals surface area (Å²) in [4.78, 5) is 12.5. The van der Waals surface area contributed by atoms with Crippen LogP contribution in [0.4, 0.5) is 4.79 Å². The molecule has 1 atom stereocenters. The SMILES string of the molecule is CC(C)(C)N(CCOC(CO)COCc1ccccc1)C(=O)O. The van der Waals surface area contributed by atoms with Gasteiger partial charge in [0.15, 0.2) is 0 Å². The highest BCUT2D eigenvalue weighted by molar-refractivity contribution is 5.65. The van der Waals surface area contributed by atoms with Crippen molar-refractivity contribution in [1.29, 1.82) is 0 Å². The fourth-order valence-electron chi connectivity index (χ4n) is 2.06. The van der Waals surface area contributed by atoms with Crippen LogP contribution in [0, 0.1) is 0 Å². The van der Waals surface area contributed by atoms with Crippen LogP contribution in [0.1, 0.15) is 26.3 Å². The number of hydrogen-bond donors (Lipinski definition) is 2. The summed E-state index contributed by atoms with van der Waals surface area (Å²) in [5.41, 5.74) is 0.558. The van der Waals surface area contributed by atoms with Crippen LogP contribution >= 0.6 is 0 Å². The normalized spacial score (nSPS) is 12.9. The summed E-state index contributed by atoms with van der Waals surface area (Å²) in [6.07, 6.45) is -1.45. The zero-order valence-electron chi connectivity index (χ0n) is 14.1. The molecule has 0 aliphatic heterocycles.